The van der Waals surface area contributed by atoms with Crippen LogP contribution in [0.5, 0.6) is 0 Å². The Morgan fingerprint density at radius 2 is 1.62 bits per heavy atom. The van der Waals surface area contributed by atoms with Gasteiger partial charge in [0.1, 0.15) is 0 Å². The quantitative estimate of drug-likeness (QED) is 0.333. The molecule has 0 spiro atoms. The third kappa shape index (κ3) is 6.36. The van der Waals surface area contributed by atoms with Crippen molar-refractivity contribution in [1.29, 1.82) is 0 Å². The first-order valence-electron chi connectivity index (χ1n) is 5.11. The lowest BCUT2D eigenvalue weighted by Crippen LogP contribution is -2.46. The van der Waals surface area contributed by atoms with Gasteiger partial charge in [0, 0.05) is 34.5 Å². The Balaban J connectivity index is 3.59. The molecule has 0 aromatic heterocycles. The topological polar surface area (TPSA) is 46.2 Å². The van der Waals surface area contributed by atoms with Crippen molar-refractivity contribution in [2.45, 2.75) is 13.3 Å². The van der Waals surface area contributed by atoms with Crippen LogP contribution in [0.1, 0.15) is 13.3 Å². The van der Waals surface area contributed by atoms with E-state index in [9.17, 15) is 0 Å². The molecule has 0 radical (unpaired) electrons. The Bertz CT molecular complexity index is 185. The fourth-order valence-corrected chi connectivity index (χ4v) is 2.28. The molecule has 0 fully saturated rings. The summed E-state index contributed by atoms with van der Waals surface area (Å²) in [5.41, 5.74) is 1.01. The lowest BCUT2D eigenvalue weighted by Gasteiger charge is -2.22. The van der Waals surface area contributed by atoms with Crippen LogP contribution in [0, 0.1) is 0 Å². The molecule has 0 N–H and O–H groups in total. The summed E-state index contributed by atoms with van der Waals surface area (Å²) in [7, 11) is 1.66. The van der Waals surface area contributed by atoms with Gasteiger partial charge < -0.3 is 22.4 Å². The molecule has 96 valence electrons. The summed E-state index contributed by atoms with van der Waals surface area (Å²) >= 11 is 0. The summed E-state index contributed by atoms with van der Waals surface area (Å²) in [5.74, 6) is 0. The summed E-state index contributed by atoms with van der Waals surface area (Å²) in [6.07, 6.45) is 0.762. The van der Waals surface area contributed by atoms with Gasteiger partial charge in [-0.3, -0.25) is 0 Å². The first-order chi connectivity index (χ1) is 7.60. The van der Waals surface area contributed by atoms with Crippen LogP contribution in [-0.2, 0) is 22.4 Å². The van der Waals surface area contributed by atoms with Gasteiger partial charge >= 0.3 is 9.05 Å². The molecule has 0 bridgehead atoms. The van der Waals surface area contributed by atoms with Gasteiger partial charge in [0.2, 0.25) is 0 Å². The van der Waals surface area contributed by atoms with Crippen LogP contribution in [0.15, 0.2) is 12.2 Å². The van der Waals surface area contributed by atoms with Gasteiger partial charge in [0.05, 0.1) is 6.61 Å². The van der Waals surface area contributed by atoms with Gasteiger partial charge in [-0.2, -0.15) is 0 Å². The predicted octanol–water partition coefficient (Wildman–Crippen LogP) is 1.36. The molecule has 16 heavy (non-hydrogen) atoms. The molecular formula is C10H22O5Si. The maximum Gasteiger partial charge on any atom is 0.678 e. The zero-order chi connectivity index (χ0) is 12.4. The summed E-state index contributed by atoms with van der Waals surface area (Å²) in [6, 6.07) is 0. The van der Waals surface area contributed by atoms with Crippen LogP contribution < -0.4 is 0 Å². The van der Waals surface area contributed by atoms with Crippen LogP contribution in [0.4, 0.5) is 0 Å². The zero-order valence-corrected chi connectivity index (χ0v) is 11.6. The molecule has 0 aromatic carbocycles. The molecule has 0 aliphatic heterocycles. The molecule has 0 unspecified atom stereocenters. The molecule has 6 heteroatoms. The molecule has 0 amide bonds. The molecule has 5 nitrogen and oxygen atoms in total. The lowest BCUT2D eigenvalue weighted by molar-refractivity contribution is 0.00102. The molecular weight excluding hydrogens is 228 g/mol. The second-order valence-electron chi connectivity index (χ2n) is 3.32. The third-order valence-corrected chi connectivity index (χ3v) is 3.87. The van der Waals surface area contributed by atoms with Gasteiger partial charge in [-0.25, -0.2) is 0 Å². The summed E-state index contributed by atoms with van der Waals surface area (Å²) < 4.78 is 26.1. The molecule has 0 aromatic rings. The Morgan fingerprint density at radius 1 is 1.06 bits per heavy atom. The standard InChI is InChI=1S/C10H22O5Si/c1-10(2)9-14-7-6-8-15-16(11-3,12-4)13-5/h1,6-9H2,2-5H3. The van der Waals surface area contributed by atoms with E-state index in [4.69, 9.17) is 22.4 Å². The van der Waals surface area contributed by atoms with Gasteiger partial charge in [0.15, 0.2) is 0 Å². The molecule has 0 saturated heterocycles. The predicted molar refractivity (Wildman–Crippen MR) is 63.0 cm³/mol. The number of hydrogen-bond donors (Lipinski definition) is 0. The fourth-order valence-electron chi connectivity index (χ4n) is 1.03. The van der Waals surface area contributed by atoms with Crippen LogP contribution in [0.2, 0.25) is 0 Å². The van der Waals surface area contributed by atoms with Gasteiger partial charge in [-0.1, -0.05) is 12.2 Å². The molecule has 0 aliphatic carbocycles. The van der Waals surface area contributed by atoms with Crippen molar-refractivity contribution in [3.63, 3.8) is 0 Å². The minimum atomic E-state index is -2.87. The van der Waals surface area contributed by atoms with E-state index >= 15 is 0 Å². The largest absolute Gasteiger partial charge is 0.678 e. The highest BCUT2D eigenvalue weighted by Gasteiger charge is 2.41. The third-order valence-electron chi connectivity index (χ3n) is 1.81. The minimum absolute atomic E-state index is 0.484. The van der Waals surface area contributed by atoms with Crippen LogP contribution >= 0.6 is 0 Å². The van der Waals surface area contributed by atoms with Crippen molar-refractivity contribution in [3.05, 3.63) is 12.2 Å². The van der Waals surface area contributed by atoms with Crippen molar-refractivity contribution >= 4 is 9.05 Å². The van der Waals surface area contributed by atoms with Gasteiger partial charge in [0.25, 0.3) is 0 Å². The second kappa shape index (κ2) is 8.86. The number of hydrogen-bond acceptors (Lipinski definition) is 5. The van der Waals surface area contributed by atoms with E-state index in [0.29, 0.717) is 19.8 Å². The maximum absolute atomic E-state index is 5.45. The van der Waals surface area contributed by atoms with E-state index in [1.807, 2.05) is 6.92 Å². The Hall–Kier alpha value is -0.243. The number of rotatable bonds is 10. The summed E-state index contributed by atoms with van der Waals surface area (Å²) in [5, 5.41) is 0. The van der Waals surface area contributed by atoms with Crippen LogP contribution in [0.3, 0.4) is 0 Å². The van der Waals surface area contributed by atoms with Gasteiger partial charge in [-0.05, 0) is 13.3 Å². The monoisotopic (exact) mass is 250 g/mol. The van der Waals surface area contributed by atoms with Crippen molar-refractivity contribution in [3.8, 4) is 0 Å². The fraction of sp³-hybridized carbons (Fsp3) is 0.800. The summed E-state index contributed by atoms with van der Waals surface area (Å²) in [4.78, 5) is 0. The molecule has 0 saturated carbocycles. The van der Waals surface area contributed by atoms with E-state index in [2.05, 4.69) is 6.58 Å². The molecule has 0 atom stereocenters. The van der Waals surface area contributed by atoms with Crippen molar-refractivity contribution in [2.24, 2.45) is 0 Å². The molecule has 0 heterocycles. The average Bonchev–Trinajstić information content (AvgIpc) is 2.29. The summed E-state index contributed by atoms with van der Waals surface area (Å²) in [6.45, 7) is 7.36. The average molecular weight is 250 g/mol. The van der Waals surface area contributed by atoms with E-state index in [1.165, 1.54) is 21.3 Å². The number of ether oxygens (including phenoxy) is 1. The first-order valence-corrected chi connectivity index (χ1v) is 6.75. The van der Waals surface area contributed by atoms with Crippen LogP contribution in [-0.4, -0.2) is 50.2 Å². The van der Waals surface area contributed by atoms with Crippen molar-refractivity contribution < 1.29 is 22.4 Å². The Labute approximate surface area is 98.8 Å². The van der Waals surface area contributed by atoms with E-state index < -0.39 is 9.05 Å². The highest BCUT2D eigenvalue weighted by Crippen LogP contribution is 2.08. The maximum atomic E-state index is 5.45. The first kappa shape index (κ1) is 15.8. The van der Waals surface area contributed by atoms with E-state index in [1.54, 1.807) is 0 Å². The van der Waals surface area contributed by atoms with Crippen molar-refractivity contribution in [2.75, 3.05) is 41.2 Å². The normalized spacial score (nSPS) is 11.8. The van der Waals surface area contributed by atoms with Gasteiger partial charge in [-0.15, -0.1) is 0 Å². The Kier molecular flexibility index (Phi) is 8.72. The smallest absolute Gasteiger partial charge is 0.377 e. The highest BCUT2D eigenvalue weighted by molar-refractivity contribution is 6.53. The minimum Gasteiger partial charge on any atom is -0.377 e. The molecule has 0 rings (SSSR count). The SMILES string of the molecule is C=C(C)COCCCO[Si](OC)(OC)OC. The van der Waals surface area contributed by atoms with E-state index in [0.717, 1.165) is 12.0 Å². The lowest BCUT2D eigenvalue weighted by atomic mass is 10.4. The molecule has 0 aliphatic rings. The zero-order valence-electron chi connectivity index (χ0n) is 10.6. The van der Waals surface area contributed by atoms with E-state index in [-0.39, 0.29) is 0 Å². The highest BCUT2D eigenvalue weighted by atomic mass is 28.4. The van der Waals surface area contributed by atoms with Crippen molar-refractivity contribution in [1.82, 2.24) is 0 Å². The Morgan fingerprint density at radius 3 is 2.06 bits per heavy atom. The second-order valence-corrected chi connectivity index (χ2v) is 5.84. The van der Waals surface area contributed by atoms with Crippen LogP contribution in [0.25, 0.3) is 0 Å².